The highest BCUT2D eigenvalue weighted by atomic mass is 15.3. The molecular formula is C16H29N5. The van der Waals surface area contributed by atoms with Crippen molar-refractivity contribution in [2.45, 2.75) is 32.7 Å². The van der Waals surface area contributed by atoms with Crippen LogP contribution in [0.3, 0.4) is 0 Å². The van der Waals surface area contributed by atoms with Crippen LogP contribution in [0, 0.1) is 0 Å². The van der Waals surface area contributed by atoms with E-state index in [4.69, 9.17) is 5.84 Å². The van der Waals surface area contributed by atoms with E-state index in [1.807, 2.05) is 6.07 Å². The molecule has 0 bridgehead atoms. The van der Waals surface area contributed by atoms with Gasteiger partial charge in [-0.2, -0.15) is 0 Å². The molecule has 0 radical (unpaired) electrons. The lowest BCUT2D eigenvalue weighted by Gasteiger charge is -2.16. The van der Waals surface area contributed by atoms with Crippen LogP contribution >= 0.6 is 0 Å². The Kier molecular flexibility index (Phi) is 9.24. The average Bonchev–Trinajstić information content (AvgIpc) is 2.50. The molecule has 0 fully saturated rings. The molecule has 0 aliphatic carbocycles. The number of rotatable bonds is 9. The van der Waals surface area contributed by atoms with Crippen LogP contribution in [0.1, 0.15) is 31.7 Å². The number of hydrogen-bond donors (Lipinski definition) is 3. The molecule has 0 aromatic heterocycles. The van der Waals surface area contributed by atoms with Gasteiger partial charge in [0, 0.05) is 19.6 Å². The van der Waals surface area contributed by atoms with E-state index in [1.165, 1.54) is 5.56 Å². The van der Waals surface area contributed by atoms with Crippen LogP contribution in [0.15, 0.2) is 35.3 Å². The Labute approximate surface area is 128 Å². The summed E-state index contributed by atoms with van der Waals surface area (Å²) in [5, 5.41) is 3.20. The fourth-order valence-corrected chi connectivity index (χ4v) is 2.04. The summed E-state index contributed by atoms with van der Waals surface area (Å²) in [4.78, 5) is 6.75. The van der Waals surface area contributed by atoms with Crippen molar-refractivity contribution in [3.05, 3.63) is 35.9 Å². The number of benzene rings is 1. The van der Waals surface area contributed by atoms with Crippen LogP contribution in [0.4, 0.5) is 0 Å². The van der Waals surface area contributed by atoms with Gasteiger partial charge >= 0.3 is 0 Å². The van der Waals surface area contributed by atoms with E-state index in [0.29, 0.717) is 5.96 Å². The number of nitrogens with zero attached hydrogens (tertiary/aromatic N) is 2. The zero-order valence-electron chi connectivity index (χ0n) is 13.3. The minimum atomic E-state index is 0.689. The summed E-state index contributed by atoms with van der Waals surface area (Å²) in [6.07, 6.45) is 3.31. The number of nitrogens with one attached hydrogen (secondary N) is 2. The quantitative estimate of drug-likeness (QED) is 0.213. The highest BCUT2D eigenvalue weighted by molar-refractivity contribution is 5.79. The minimum Gasteiger partial charge on any atom is -0.355 e. The molecule has 1 aromatic carbocycles. The molecule has 0 saturated carbocycles. The molecule has 118 valence electrons. The molecular weight excluding hydrogens is 262 g/mol. The van der Waals surface area contributed by atoms with E-state index in [-0.39, 0.29) is 0 Å². The Morgan fingerprint density at radius 1 is 1.24 bits per heavy atom. The number of aliphatic imine (C=N–C) groups is 1. The molecule has 1 rings (SSSR count). The number of hydrazine groups is 1. The van der Waals surface area contributed by atoms with Crippen molar-refractivity contribution in [1.82, 2.24) is 15.6 Å². The Morgan fingerprint density at radius 2 is 2.00 bits per heavy atom. The summed E-state index contributed by atoms with van der Waals surface area (Å²) in [6, 6.07) is 10.5. The summed E-state index contributed by atoms with van der Waals surface area (Å²) in [5.41, 5.74) is 3.96. The first-order chi connectivity index (χ1) is 10.3. The Bertz CT molecular complexity index is 391. The third-order valence-corrected chi connectivity index (χ3v) is 3.22. The SMILES string of the molecule is CCCCNC(=NCCCN(C)Cc1ccccc1)NN. The number of unbranched alkanes of at least 4 members (excludes halogenated alkanes) is 1. The first-order valence-corrected chi connectivity index (χ1v) is 7.73. The molecule has 5 heteroatoms. The van der Waals surface area contributed by atoms with Crippen molar-refractivity contribution in [2.24, 2.45) is 10.8 Å². The Hall–Kier alpha value is -1.59. The van der Waals surface area contributed by atoms with Gasteiger partial charge in [0.05, 0.1) is 0 Å². The first kappa shape index (κ1) is 17.5. The maximum absolute atomic E-state index is 5.45. The molecule has 0 aliphatic rings. The van der Waals surface area contributed by atoms with E-state index < -0.39 is 0 Å². The van der Waals surface area contributed by atoms with Gasteiger partial charge in [-0.1, -0.05) is 43.7 Å². The molecule has 0 amide bonds. The van der Waals surface area contributed by atoms with Crippen LogP contribution in [0.5, 0.6) is 0 Å². The normalized spacial score (nSPS) is 11.7. The Morgan fingerprint density at radius 3 is 2.67 bits per heavy atom. The fraction of sp³-hybridized carbons (Fsp3) is 0.562. The largest absolute Gasteiger partial charge is 0.355 e. The molecule has 0 atom stereocenters. The molecule has 0 aliphatic heterocycles. The summed E-state index contributed by atoms with van der Waals surface area (Å²) >= 11 is 0. The van der Waals surface area contributed by atoms with Gasteiger partial charge in [0.1, 0.15) is 0 Å². The minimum absolute atomic E-state index is 0.689. The van der Waals surface area contributed by atoms with Gasteiger partial charge < -0.3 is 10.2 Å². The maximum Gasteiger partial charge on any atom is 0.205 e. The van der Waals surface area contributed by atoms with Crippen LogP contribution in [-0.4, -0.2) is 37.5 Å². The summed E-state index contributed by atoms with van der Waals surface area (Å²) in [6.45, 7) is 5.84. The Balaban J connectivity index is 2.19. The van der Waals surface area contributed by atoms with Gasteiger partial charge in [-0.05, 0) is 32.0 Å². The van der Waals surface area contributed by atoms with Crippen LogP contribution < -0.4 is 16.6 Å². The van der Waals surface area contributed by atoms with Gasteiger partial charge in [0.15, 0.2) is 0 Å². The van der Waals surface area contributed by atoms with Crippen LogP contribution in [0.2, 0.25) is 0 Å². The highest BCUT2D eigenvalue weighted by Crippen LogP contribution is 2.02. The molecule has 5 nitrogen and oxygen atoms in total. The zero-order valence-corrected chi connectivity index (χ0v) is 13.3. The molecule has 4 N–H and O–H groups in total. The molecule has 0 spiro atoms. The number of hydrogen-bond acceptors (Lipinski definition) is 3. The van der Waals surface area contributed by atoms with Crippen molar-refractivity contribution in [2.75, 3.05) is 26.7 Å². The van der Waals surface area contributed by atoms with Gasteiger partial charge in [-0.15, -0.1) is 0 Å². The predicted molar refractivity (Wildman–Crippen MR) is 89.9 cm³/mol. The van der Waals surface area contributed by atoms with Crippen molar-refractivity contribution in [1.29, 1.82) is 0 Å². The van der Waals surface area contributed by atoms with E-state index in [1.54, 1.807) is 0 Å². The van der Waals surface area contributed by atoms with E-state index in [9.17, 15) is 0 Å². The van der Waals surface area contributed by atoms with E-state index >= 15 is 0 Å². The molecule has 1 aromatic rings. The van der Waals surface area contributed by atoms with Gasteiger partial charge in [-0.3, -0.25) is 10.4 Å². The second kappa shape index (κ2) is 11.1. The zero-order chi connectivity index (χ0) is 15.3. The standard InChI is InChI=1S/C16H29N5/c1-3-4-11-18-16(20-17)19-12-8-13-21(2)14-15-9-6-5-7-10-15/h5-7,9-10H,3-4,8,11-14,17H2,1-2H3,(H2,18,19,20). The van der Waals surface area contributed by atoms with Crippen LogP contribution in [-0.2, 0) is 6.54 Å². The highest BCUT2D eigenvalue weighted by Gasteiger charge is 2.00. The first-order valence-electron chi connectivity index (χ1n) is 7.73. The summed E-state index contributed by atoms with van der Waals surface area (Å²) in [5.74, 6) is 6.13. The summed E-state index contributed by atoms with van der Waals surface area (Å²) < 4.78 is 0. The third-order valence-electron chi connectivity index (χ3n) is 3.22. The smallest absolute Gasteiger partial charge is 0.205 e. The second-order valence-corrected chi connectivity index (χ2v) is 5.23. The lowest BCUT2D eigenvalue weighted by molar-refractivity contribution is 0.324. The van der Waals surface area contributed by atoms with E-state index in [0.717, 1.165) is 45.4 Å². The number of guanidine groups is 1. The fourth-order valence-electron chi connectivity index (χ4n) is 2.04. The van der Waals surface area contributed by atoms with Crippen molar-refractivity contribution < 1.29 is 0 Å². The molecule has 0 saturated heterocycles. The van der Waals surface area contributed by atoms with Gasteiger partial charge in [-0.25, -0.2) is 5.84 Å². The summed E-state index contributed by atoms with van der Waals surface area (Å²) in [7, 11) is 2.14. The maximum atomic E-state index is 5.45. The van der Waals surface area contributed by atoms with Gasteiger partial charge in [0.2, 0.25) is 5.96 Å². The van der Waals surface area contributed by atoms with Crippen molar-refractivity contribution >= 4 is 5.96 Å². The van der Waals surface area contributed by atoms with Crippen molar-refractivity contribution in [3.8, 4) is 0 Å². The van der Waals surface area contributed by atoms with Gasteiger partial charge in [0.25, 0.3) is 0 Å². The van der Waals surface area contributed by atoms with E-state index in [2.05, 4.69) is 58.9 Å². The lowest BCUT2D eigenvalue weighted by Crippen LogP contribution is -2.42. The molecule has 21 heavy (non-hydrogen) atoms. The number of nitrogens with two attached hydrogens (primary N) is 1. The predicted octanol–water partition coefficient (Wildman–Crippen LogP) is 1.72. The average molecular weight is 291 g/mol. The third kappa shape index (κ3) is 8.32. The van der Waals surface area contributed by atoms with Crippen LogP contribution in [0.25, 0.3) is 0 Å². The second-order valence-electron chi connectivity index (χ2n) is 5.23. The topological polar surface area (TPSA) is 65.7 Å². The molecule has 0 unspecified atom stereocenters. The van der Waals surface area contributed by atoms with Crippen molar-refractivity contribution in [3.63, 3.8) is 0 Å². The molecule has 0 heterocycles. The lowest BCUT2D eigenvalue weighted by atomic mass is 10.2. The monoisotopic (exact) mass is 291 g/mol.